The first-order valence-corrected chi connectivity index (χ1v) is 7.32. The summed E-state index contributed by atoms with van der Waals surface area (Å²) in [6, 6.07) is 4.36. The lowest BCUT2D eigenvalue weighted by Crippen LogP contribution is -2.13. The highest BCUT2D eigenvalue weighted by molar-refractivity contribution is 5.22. The van der Waals surface area contributed by atoms with Crippen molar-refractivity contribution in [3.8, 4) is 0 Å². The van der Waals surface area contributed by atoms with Gasteiger partial charge in [0.25, 0.3) is 0 Å². The van der Waals surface area contributed by atoms with Crippen LogP contribution in [-0.2, 0) is 0 Å². The Kier molecular flexibility index (Phi) is 5.12. The Morgan fingerprint density at radius 1 is 1.21 bits per heavy atom. The van der Waals surface area contributed by atoms with E-state index in [1.165, 1.54) is 31.4 Å². The molecule has 104 valence electrons. The summed E-state index contributed by atoms with van der Waals surface area (Å²) < 4.78 is 26.3. The third kappa shape index (κ3) is 3.89. The van der Waals surface area contributed by atoms with Gasteiger partial charge in [-0.2, -0.15) is 0 Å². The highest BCUT2D eigenvalue weighted by Gasteiger charge is 2.22. The lowest BCUT2D eigenvalue weighted by Gasteiger charge is -2.27. The molecule has 2 heteroatoms. The lowest BCUT2D eigenvalue weighted by atomic mass is 9.78. The number of benzene rings is 1. The van der Waals surface area contributed by atoms with E-state index >= 15 is 0 Å². The van der Waals surface area contributed by atoms with Crippen LogP contribution < -0.4 is 0 Å². The Bertz CT molecular complexity index is 437. The molecule has 0 spiro atoms. The number of unbranched alkanes of at least 4 members (excludes halogenated alkanes) is 1. The van der Waals surface area contributed by atoms with Gasteiger partial charge in [-0.15, -0.1) is 0 Å². The molecule has 0 aromatic heterocycles. The summed E-state index contributed by atoms with van der Waals surface area (Å²) in [6.07, 6.45) is 11.4. The molecule has 1 fully saturated rings. The van der Waals surface area contributed by atoms with Crippen molar-refractivity contribution >= 4 is 0 Å². The van der Waals surface area contributed by atoms with Crippen LogP contribution >= 0.6 is 0 Å². The first-order valence-electron chi connectivity index (χ1n) is 7.32. The average molecular weight is 264 g/mol. The van der Waals surface area contributed by atoms with Gasteiger partial charge < -0.3 is 0 Å². The van der Waals surface area contributed by atoms with Crippen molar-refractivity contribution in [1.82, 2.24) is 0 Å². The fourth-order valence-electron chi connectivity index (χ4n) is 2.93. The van der Waals surface area contributed by atoms with Gasteiger partial charge in [0.1, 0.15) is 0 Å². The molecule has 0 saturated heterocycles. The fourth-order valence-corrected chi connectivity index (χ4v) is 2.93. The molecule has 0 bridgehead atoms. The predicted molar refractivity (Wildman–Crippen MR) is 75.1 cm³/mol. The minimum Gasteiger partial charge on any atom is -0.204 e. The predicted octanol–water partition coefficient (Wildman–Crippen LogP) is 5.59. The van der Waals surface area contributed by atoms with Gasteiger partial charge in [0.05, 0.1) is 0 Å². The van der Waals surface area contributed by atoms with Gasteiger partial charge >= 0.3 is 0 Å². The van der Waals surface area contributed by atoms with Crippen LogP contribution in [0.5, 0.6) is 0 Å². The van der Waals surface area contributed by atoms with Crippen molar-refractivity contribution in [1.29, 1.82) is 0 Å². The van der Waals surface area contributed by atoms with Crippen LogP contribution in [0.15, 0.2) is 30.4 Å². The number of hydrogen-bond acceptors (Lipinski definition) is 0. The SMILES string of the molecule is CCCC=CC1CCCC(c2ccc(F)c(F)c2)C1. The lowest BCUT2D eigenvalue weighted by molar-refractivity contribution is 0.370. The maximum atomic E-state index is 13.3. The zero-order chi connectivity index (χ0) is 13.7. The van der Waals surface area contributed by atoms with Crippen LogP contribution in [0.25, 0.3) is 0 Å². The molecule has 2 atom stereocenters. The van der Waals surface area contributed by atoms with Crippen molar-refractivity contribution < 1.29 is 8.78 Å². The highest BCUT2D eigenvalue weighted by Crippen LogP contribution is 2.37. The minimum absolute atomic E-state index is 0.375. The van der Waals surface area contributed by atoms with Crippen LogP contribution in [0.3, 0.4) is 0 Å². The Labute approximate surface area is 114 Å². The fraction of sp³-hybridized carbons (Fsp3) is 0.529. The molecule has 0 amide bonds. The zero-order valence-corrected chi connectivity index (χ0v) is 11.5. The van der Waals surface area contributed by atoms with E-state index in [9.17, 15) is 8.78 Å². The molecule has 0 heterocycles. The highest BCUT2D eigenvalue weighted by atomic mass is 19.2. The Hall–Kier alpha value is -1.18. The van der Waals surface area contributed by atoms with Gasteiger partial charge in [0.2, 0.25) is 0 Å². The second kappa shape index (κ2) is 6.83. The molecule has 0 aliphatic heterocycles. The van der Waals surface area contributed by atoms with Crippen molar-refractivity contribution in [3.63, 3.8) is 0 Å². The van der Waals surface area contributed by atoms with Crippen LogP contribution in [0.2, 0.25) is 0 Å². The van der Waals surface area contributed by atoms with Gasteiger partial charge in [-0.25, -0.2) is 8.78 Å². The van der Waals surface area contributed by atoms with Crippen LogP contribution in [0.1, 0.15) is 56.9 Å². The molecule has 0 N–H and O–H groups in total. The van der Waals surface area contributed by atoms with E-state index in [0.29, 0.717) is 11.8 Å². The molecule has 0 nitrogen and oxygen atoms in total. The summed E-state index contributed by atoms with van der Waals surface area (Å²) in [5.74, 6) is -0.501. The van der Waals surface area contributed by atoms with Crippen molar-refractivity contribution in [2.24, 2.45) is 5.92 Å². The Morgan fingerprint density at radius 2 is 2.05 bits per heavy atom. The first kappa shape index (κ1) is 14.2. The van der Waals surface area contributed by atoms with E-state index in [0.717, 1.165) is 24.8 Å². The third-order valence-electron chi connectivity index (χ3n) is 3.99. The van der Waals surface area contributed by atoms with E-state index in [1.54, 1.807) is 6.07 Å². The second-order valence-corrected chi connectivity index (χ2v) is 5.51. The first-order chi connectivity index (χ1) is 9.20. The van der Waals surface area contributed by atoms with Gasteiger partial charge in [0.15, 0.2) is 11.6 Å². The molecule has 1 aliphatic carbocycles. The van der Waals surface area contributed by atoms with Gasteiger partial charge in [0, 0.05) is 0 Å². The van der Waals surface area contributed by atoms with Crippen LogP contribution in [0, 0.1) is 17.6 Å². The smallest absolute Gasteiger partial charge is 0.159 e. The van der Waals surface area contributed by atoms with Gasteiger partial charge in [-0.1, -0.05) is 38.0 Å². The summed E-state index contributed by atoms with van der Waals surface area (Å²) in [7, 11) is 0. The van der Waals surface area contributed by atoms with E-state index in [1.807, 2.05) is 0 Å². The molecule has 0 radical (unpaired) electrons. The summed E-state index contributed by atoms with van der Waals surface area (Å²) >= 11 is 0. The number of hydrogen-bond donors (Lipinski definition) is 0. The molecule has 1 aromatic rings. The second-order valence-electron chi connectivity index (χ2n) is 5.51. The normalized spacial score (nSPS) is 23.9. The summed E-state index contributed by atoms with van der Waals surface area (Å²) in [5, 5.41) is 0. The minimum atomic E-state index is -0.751. The molecule has 1 aliphatic rings. The quantitative estimate of drug-likeness (QED) is 0.621. The standard InChI is InChI=1S/C17H22F2/c1-2-3-4-6-13-7-5-8-14(11-13)15-9-10-16(18)17(19)12-15/h4,6,9-10,12-14H,2-3,5,7-8,11H2,1H3. The van der Waals surface area contributed by atoms with Crippen molar-refractivity contribution in [3.05, 3.63) is 47.5 Å². The maximum Gasteiger partial charge on any atom is 0.159 e. The number of allylic oxidation sites excluding steroid dienone is 2. The zero-order valence-electron chi connectivity index (χ0n) is 11.5. The largest absolute Gasteiger partial charge is 0.204 e. The van der Waals surface area contributed by atoms with Crippen LogP contribution in [-0.4, -0.2) is 0 Å². The number of rotatable bonds is 4. The Morgan fingerprint density at radius 3 is 2.79 bits per heavy atom. The monoisotopic (exact) mass is 264 g/mol. The molecule has 1 aromatic carbocycles. The summed E-state index contributed by atoms with van der Waals surface area (Å²) in [4.78, 5) is 0. The topological polar surface area (TPSA) is 0 Å². The molecule has 19 heavy (non-hydrogen) atoms. The number of halogens is 2. The van der Waals surface area contributed by atoms with E-state index < -0.39 is 11.6 Å². The van der Waals surface area contributed by atoms with E-state index in [4.69, 9.17) is 0 Å². The Balaban J connectivity index is 2.02. The molecular weight excluding hydrogens is 242 g/mol. The molecular formula is C17H22F2. The average Bonchev–Trinajstić information content (AvgIpc) is 2.43. The van der Waals surface area contributed by atoms with Crippen molar-refractivity contribution in [2.75, 3.05) is 0 Å². The van der Waals surface area contributed by atoms with Gasteiger partial charge in [-0.3, -0.25) is 0 Å². The molecule has 2 rings (SSSR count). The summed E-state index contributed by atoms with van der Waals surface area (Å²) in [6.45, 7) is 2.18. The van der Waals surface area contributed by atoms with E-state index in [-0.39, 0.29) is 0 Å². The van der Waals surface area contributed by atoms with Gasteiger partial charge in [-0.05, 0) is 55.2 Å². The van der Waals surface area contributed by atoms with E-state index in [2.05, 4.69) is 19.1 Å². The maximum absolute atomic E-state index is 13.3. The third-order valence-corrected chi connectivity index (χ3v) is 3.99. The molecule has 2 unspecified atom stereocenters. The summed E-state index contributed by atoms with van der Waals surface area (Å²) in [5.41, 5.74) is 0.951. The van der Waals surface area contributed by atoms with Crippen molar-refractivity contribution in [2.45, 2.75) is 51.4 Å². The molecule has 1 saturated carbocycles. The van der Waals surface area contributed by atoms with Crippen LogP contribution in [0.4, 0.5) is 8.78 Å².